The fourth-order valence-electron chi connectivity index (χ4n) is 1.25. The molecule has 0 aromatic heterocycles. The van der Waals surface area contributed by atoms with Gasteiger partial charge in [-0.1, -0.05) is 33.1 Å². The second-order valence-corrected chi connectivity index (χ2v) is 6.07. The van der Waals surface area contributed by atoms with Gasteiger partial charge >= 0.3 is 11.9 Å². The van der Waals surface area contributed by atoms with Crippen molar-refractivity contribution in [2.45, 2.75) is 66.7 Å². The van der Waals surface area contributed by atoms with E-state index in [1.54, 1.807) is 20.8 Å². The molecule has 0 unspecified atom stereocenters. The number of carbonyl (C=O) groups excluding carboxylic acids is 2. The molecule has 0 amide bonds. The SMILES string of the molecule is CC(C)CCCCCC(=O)OOC(=O)C(C)(C)C. The smallest absolute Gasteiger partial charge is 0.247 e. The van der Waals surface area contributed by atoms with E-state index in [-0.39, 0.29) is 0 Å². The highest BCUT2D eigenvalue weighted by Gasteiger charge is 2.25. The third-order valence-electron chi connectivity index (χ3n) is 2.49. The van der Waals surface area contributed by atoms with Crippen LogP contribution in [0.15, 0.2) is 0 Å². The summed E-state index contributed by atoms with van der Waals surface area (Å²) >= 11 is 0. The predicted molar refractivity (Wildman–Crippen MR) is 69.6 cm³/mol. The Hall–Kier alpha value is -1.06. The standard InChI is InChI=1S/C14H26O4/c1-11(2)9-7-6-8-10-12(15)17-18-13(16)14(3,4)5/h11H,6-10H2,1-5H3. The van der Waals surface area contributed by atoms with E-state index in [0.717, 1.165) is 19.3 Å². The Morgan fingerprint density at radius 1 is 1.00 bits per heavy atom. The van der Waals surface area contributed by atoms with Gasteiger partial charge in [-0.2, -0.15) is 0 Å². The monoisotopic (exact) mass is 258 g/mol. The molecule has 0 atom stereocenters. The third kappa shape index (κ3) is 9.02. The highest BCUT2D eigenvalue weighted by atomic mass is 17.2. The molecule has 0 aromatic carbocycles. The summed E-state index contributed by atoms with van der Waals surface area (Å²) < 4.78 is 0. The highest BCUT2D eigenvalue weighted by Crippen LogP contribution is 2.15. The Morgan fingerprint density at radius 3 is 2.11 bits per heavy atom. The van der Waals surface area contributed by atoms with Crippen molar-refractivity contribution in [2.24, 2.45) is 11.3 Å². The fourth-order valence-corrected chi connectivity index (χ4v) is 1.25. The number of hydrogen-bond donors (Lipinski definition) is 0. The molecule has 0 spiro atoms. The molecule has 0 heterocycles. The van der Waals surface area contributed by atoms with Crippen molar-refractivity contribution >= 4 is 11.9 Å². The largest absolute Gasteiger partial charge is 0.360 e. The van der Waals surface area contributed by atoms with Crippen LogP contribution < -0.4 is 0 Å². The first-order valence-electron chi connectivity index (χ1n) is 6.65. The predicted octanol–water partition coefficient (Wildman–Crippen LogP) is 3.64. The number of carbonyl (C=O) groups is 2. The minimum atomic E-state index is -0.655. The van der Waals surface area contributed by atoms with Crippen molar-refractivity contribution in [1.29, 1.82) is 0 Å². The molecule has 0 aliphatic carbocycles. The highest BCUT2D eigenvalue weighted by molar-refractivity contribution is 5.76. The number of rotatable bonds is 6. The van der Waals surface area contributed by atoms with Gasteiger partial charge < -0.3 is 0 Å². The van der Waals surface area contributed by atoms with Crippen LogP contribution in [0.2, 0.25) is 0 Å². The van der Waals surface area contributed by atoms with E-state index in [1.807, 2.05) is 0 Å². The lowest BCUT2D eigenvalue weighted by Crippen LogP contribution is -2.24. The molecule has 0 radical (unpaired) electrons. The van der Waals surface area contributed by atoms with Crippen LogP contribution in [0.5, 0.6) is 0 Å². The van der Waals surface area contributed by atoms with E-state index >= 15 is 0 Å². The Morgan fingerprint density at radius 2 is 1.61 bits per heavy atom. The molecule has 0 aliphatic rings. The van der Waals surface area contributed by atoms with Crippen LogP contribution in [0.25, 0.3) is 0 Å². The van der Waals surface area contributed by atoms with Crippen LogP contribution in [0.3, 0.4) is 0 Å². The van der Waals surface area contributed by atoms with E-state index in [9.17, 15) is 9.59 Å². The quantitative estimate of drug-likeness (QED) is 0.414. The first-order chi connectivity index (χ1) is 8.23. The normalized spacial score (nSPS) is 11.4. The molecular weight excluding hydrogens is 232 g/mol. The van der Waals surface area contributed by atoms with Gasteiger partial charge in [0.2, 0.25) is 0 Å². The zero-order valence-corrected chi connectivity index (χ0v) is 12.2. The van der Waals surface area contributed by atoms with E-state index in [2.05, 4.69) is 23.6 Å². The fraction of sp³-hybridized carbons (Fsp3) is 0.857. The molecule has 0 aromatic rings. The van der Waals surface area contributed by atoms with E-state index in [4.69, 9.17) is 0 Å². The van der Waals surface area contributed by atoms with Gasteiger partial charge in [0, 0.05) is 0 Å². The lowest BCUT2D eigenvalue weighted by molar-refractivity contribution is -0.265. The first-order valence-corrected chi connectivity index (χ1v) is 6.65. The molecule has 4 heteroatoms. The van der Waals surface area contributed by atoms with Gasteiger partial charge in [0.25, 0.3) is 0 Å². The minimum absolute atomic E-state index is 0.301. The van der Waals surface area contributed by atoms with Crippen molar-refractivity contribution in [1.82, 2.24) is 0 Å². The van der Waals surface area contributed by atoms with Crippen molar-refractivity contribution in [3.05, 3.63) is 0 Å². The summed E-state index contributed by atoms with van der Waals surface area (Å²) in [6, 6.07) is 0. The lowest BCUT2D eigenvalue weighted by atomic mass is 9.98. The first kappa shape index (κ1) is 16.9. The molecule has 0 rings (SSSR count). The number of hydrogen-bond acceptors (Lipinski definition) is 4. The van der Waals surface area contributed by atoms with Crippen molar-refractivity contribution < 1.29 is 19.4 Å². The van der Waals surface area contributed by atoms with Crippen LogP contribution in [0, 0.1) is 11.3 Å². The summed E-state index contributed by atoms with van der Waals surface area (Å²) in [5.41, 5.74) is -0.655. The number of unbranched alkanes of at least 4 members (excludes halogenated alkanes) is 2. The van der Waals surface area contributed by atoms with Gasteiger partial charge in [-0.05, 0) is 33.1 Å². The van der Waals surface area contributed by atoms with Crippen molar-refractivity contribution in [3.63, 3.8) is 0 Å². The zero-order chi connectivity index (χ0) is 14.2. The Kier molecular flexibility index (Phi) is 7.64. The van der Waals surface area contributed by atoms with Gasteiger partial charge in [0.15, 0.2) is 0 Å². The zero-order valence-electron chi connectivity index (χ0n) is 12.2. The van der Waals surface area contributed by atoms with E-state index in [1.165, 1.54) is 6.42 Å². The van der Waals surface area contributed by atoms with Gasteiger partial charge in [-0.25, -0.2) is 19.4 Å². The summed E-state index contributed by atoms with van der Waals surface area (Å²) in [5, 5.41) is 0. The maximum Gasteiger partial charge on any atom is 0.360 e. The molecule has 0 aliphatic heterocycles. The molecule has 0 fully saturated rings. The van der Waals surface area contributed by atoms with E-state index in [0.29, 0.717) is 12.3 Å². The van der Waals surface area contributed by atoms with Crippen LogP contribution in [0.1, 0.15) is 66.7 Å². The van der Waals surface area contributed by atoms with Gasteiger partial charge in [-0.15, -0.1) is 0 Å². The molecule has 106 valence electrons. The average Bonchev–Trinajstić information content (AvgIpc) is 2.23. The maximum absolute atomic E-state index is 11.3. The van der Waals surface area contributed by atoms with Crippen LogP contribution >= 0.6 is 0 Å². The van der Waals surface area contributed by atoms with Crippen LogP contribution in [-0.2, 0) is 19.4 Å². The summed E-state index contributed by atoms with van der Waals surface area (Å²) in [4.78, 5) is 31.5. The van der Waals surface area contributed by atoms with Crippen LogP contribution in [-0.4, -0.2) is 11.9 Å². The summed E-state index contributed by atoms with van der Waals surface area (Å²) in [6.07, 6.45) is 4.37. The molecular formula is C14H26O4. The van der Waals surface area contributed by atoms with E-state index < -0.39 is 17.4 Å². The second-order valence-electron chi connectivity index (χ2n) is 6.07. The summed E-state index contributed by atoms with van der Waals surface area (Å²) in [7, 11) is 0. The second kappa shape index (κ2) is 8.11. The Bertz CT molecular complexity index is 263. The molecule has 0 N–H and O–H groups in total. The van der Waals surface area contributed by atoms with Gasteiger partial charge in [0.1, 0.15) is 0 Å². The van der Waals surface area contributed by atoms with Crippen LogP contribution in [0.4, 0.5) is 0 Å². The molecule has 0 saturated heterocycles. The molecule has 0 saturated carbocycles. The lowest BCUT2D eigenvalue weighted by Gasteiger charge is -2.14. The third-order valence-corrected chi connectivity index (χ3v) is 2.49. The Labute approximate surface area is 110 Å². The Balaban J connectivity index is 3.58. The molecule has 18 heavy (non-hydrogen) atoms. The average molecular weight is 258 g/mol. The van der Waals surface area contributed by atoms with Gasteiger partial charge in [-0.3, -0.25) is 0 Å². The summed E-state index contributed by atoms with van der Waals surface area (Å²) in [5.74, 6) is -0.308. The van der Waals surface area contributed by atoms with Crippen molar-refractivity contribution in [3.8, 4) is 0 Å². The minimum Gasteiger partial charge on any atom is -0.247 e. The molecule has 0 bridgehead atoms. The van der Waals surface area contributed by atoms with Gasteiger partial charge in [0.05, 0.1) is 11.8 Å². The van der Waals surface area contributed by atoms with Crippen molar-refractivity contribution in [2.75, 3.05) is 0 Å². The summed E-state index contributed by atoms with van der Waals surface area (Å²) in [6.45, 7) is 9.47. The molecule has 4 nitrogen and oxygen atoms in total. The maximum atomic E-state index is 11.3. The topological polar surface area (TPSA) is 52.6 Å².